The summed E-state index contributed by atoms with van der Waals surface area (Å²) >= 11 is 0. The predicted octanol–water partition coefficient (Wildman–Crippen LogP) is 3.27. The van der Waals surface area contributed by atoms with Crippen molar-refractivity contribution in [2.24, 2.45) is 5.92 Å². The average molecular weight is 464 g/mol. The van der Waals surface area contributed by atoms with Gasteiger partial charge in [-0.15, -0.1) is 0 Å². The molecule has 0 radical (unpaired) electrons. The van der Waals surface area contributed by atoms with Gasteiger partial charge in [-0.1, -0.05) is 6.07 Å². The molecule has 3 rings (SSSR count). The molecule has 2 amide bonds. The highest BCUT2D eigenvalue weighted by molar-refractivity contribution is 5.96. The van der Waals surface area contributed by atoms with Gasteiger partial charge < -0.3 is 19.6 Å². The molecule has 2 aliphatic heterocycles. The number of carboxylic acid groups (broad SMARTS) is 1. The highest BCUT2D eigenvalue weighted by Crippen LogP contribution is 2.34. The zero-order valence-corrected chi connectivity index (χ0v) is 20.2. The van der Waals surface area contributed by atoms with Gasteiger partial charge in [0.25, 0.3) is 0 Å². The van der Waals surface area contributed by atoms with Crippen molar-refractivity contribution in [3.05, 3.63) is 29.6 Å². The standard InChI is InChI=1S/C24H34FN3O5/c1-15-7-8-17(25)10-19(15)27-14-24(5,6)28(13-20(27)29)18-9-16(21(30)31)11-26(12-18)22(32)33-23(2,3)4/h7-8,10,16,18H,9,11-14H2,1-6H3,(H,30,31)/t16-,18+/m0/s1. The van der Waals surface area contributed by atoms with E-state index in [1.54, 1.807) is 31.7 Å². The number of rotatable bonds is 3. The molecule has 1 N–H and O–H groups in total. The number of aryl methyl sites for hydroxylation is 1. The van der Waals surface area contributed by atoms with Crippen LogP contribution in [0.15, 0.2) is 18.2 Å². The second-order valence-corrected chi connectivity index (χ2v) is 10.7. The number of hydrogen-bond acceptors (Lipinski definition) is 5. The Morgan fingerprint density at radius 2 is 1.88 bits per heavy atom. The van der Waals surface area contributed by atoms with Crippen molar-refractivity contribution < 1.29 is 28.6 Å². The number of piperazine rings is 1. The number of ether oxygens (including phenoxy) is 1. The first-order chi connectivity index (χ1) is 15.2. The minimum absolute atomic E-state index is 0.0438. The van der Waals surface area contributed by atoms with Gasteiger partial charge in [0.2, 0.25) is 5.91 Å². The van der Waals surface area contributed by atoms with Gasteiger partial charge in [0.05, 0.1) is 12.5 Å². The summed E-state index contributed by atoms with van der Waals surface area (Å²) in [6.07, 6.45) is -0.235. The number of carboxylic acids is 1. The van der Waals surface area contributed by atoms with E-state index >= 15 is 0 Å². The molecule has 0 bridgehead atoms. The topological polar surface area (TPSA) is 90.4 Å². The lowest BCUT2D eigenvalue weighted by Crippen LogP contribution is -2.67. The molecular formula is C24H34FN3O5. The van der Waals surface area contributed by atoms with Crippen molar-refractivity contribution >= 4 is 23.7 Å². The summed E-state index contributed by atoms with van der Waals surface area (Å²) in [5, 5.41) is 9.71. The average Bonchev–Trinajstić information content (AvgIpc) is 2.69. The Kier molecular flexibility index (Phi) is 6.75. The van der Waals surface area contributed by atoms with Gasteiger partial charge in [0.15, 0.2) is 0 Å². The molecule has 8 nitrogen and oxygen atoms in total. The molecule has 2 aliphatic rings. The van der Waals surface area contributed by atoms with Gasteiger partial charge in [-0.3, -0.25) is 14.5 Å². The summed E-state index contributed by atoms with van der Waals surface area (Å²) in [6, 6.07) is 4.05. The number of halogens is 1. The van der Waals surface area contributed by atoms with Crippen LogP contribution < -0.4 is 4.90 Å². The predicted molar refractivity (Wildman–Crippen MR) is 122 cm³/mol. The highest BCUT2D eigenvalue weighted by Gasteiger charge is 2.46. The van der Waals surface area contributed by atoms with Crippen LogP contribution in [0.5, 0.6) is 0 Å². The second kappa shape index (κ2) is 8.93. The Labute approximate surface area is 194 Å². The molecule has 0 unspecified atom stereocenters. The summed E-state index contributed by atoms with van der Waals surface area (Å²) in [6.45, 7) is 11.8. The van der Waals surface area contributed by atoms with E-state index in [1.807, 2.05) is 25.7 Å². The number of amides is 2. The molecule has 2 saturated heterocycles. The number of likely N-dealkylation sites (tertiary alicyclic amines) is 1. The quantitative estimate of drug-likeness (QED) is 0.740. The van der Waals surface area contributed by atoms with E-state index in [0.29, 0.717) is 18.7 Å². The van der Waals surface area contributed by atoms with Crippen molar-refractivity contribution in [1.82, 2.24) is 9.80 Å². The van der Waals surface area contributed by atoms with E-state index in [1.165, 1.54) is 17.0 Å². The zero-order valence-electron chi connectivity index (χ0n) is 20.2. The molecule has 2 atom stereocenters. The first kappa shape index (κ1) is 25.0. The molecule has 182 valence electrons. The molecule has 2 fully saturated rings. The third-order valence-electron chi connectivity index (χ3n) is 6.26. The summed E-state index contributed by atoms with van der Waals surface area (Å²) in [4.78, 5) is 42.7. The molecule has 1 aromatic rings. The first-order valence-electron chi connectivity index (χ1n) is 11.2. The van der Waals surface area contributed by atoms with Crippen LogP contribution in [0.2, 0.25) is 0 Å². The largest absolute Gasteiger partial charge is 0.481 e. The van der Waals surface area contributed by atoms with Crippen LogP contribution in [0.1, 0.15) is 46.6 Å². The van der Waals surface area contributed by atoms with Gasteiger partial charge in [-0.2, -0.15) is 0 Å². The normalized spacial score (nSPS) is 24.0. The minimum atomic E-state index is -0.980. The van der Waals surface area contributed by atoms with E-state index < -0.39 is 34.9 Å². The molecule has 33 heavy (non-hydrogen) atoms. The van der Waals surface area contributed by atoms with E-state index in [2.05, 4.69) is 0 Å². The Hall–Kier alpha value is -2.68. The van der Waals surface area contributed by atoms with E-state index in [0.717, 1.165) is 5.56 Å². The monoisotopic (exact) mass is 463 g/mol. The number of carbonyl (C=O) groups is 3. The van der Waals surface area contributed by atoms with Crippen LogP contribution in [0.25, 0.3) is 0 Å². The first-order valence-corrected chi connectivity index (χ1v) is 11.2. The van der Waals surface area contributed by atoms with Gasteiger partial charge in [0, 0.05) is 36.9 Å². The Bertz CT molecular complexity index is 943. The molecular weight excluding hydrogens is 429 g/mol. The Morgan fingerprint density at radius 3 is 2.48 bits per heavy atom. The summed E-state index contributed by atoms with van der Waals surface area (Å²) < 4.78 is 19.4. The van der Waals surface area contributed by atoms with Gasteiger partial charge in [-0.25, -0.2) is 9.18 Å². The molecule has 9 heteroatoms. The minimum Gasteiger partial charge on any atom is -0.481 e. The Balaban J connectivity index is 1.85. The number of piperidine rings is 1. The fourth-order valence-electron chi connectivity index (χ4n) is 4.68. The van der Waals surface area contributed by atoms with Gasteiger partial charge in [0.1, 0.15) is 11.4 Å². The summed E-state index contributed by atoms with van der Waals surface area (Å²) in [5.41, 5.74) is 0.105. The van der Waals surface area contributed by atoms with E-state index in [4.69, 9.17) is 4.74 Å². The number of carbonyl (C=O) groups excluding carboxylic acids is 2. The van der Waals surface area contributed by atoms with Gasteiger partial charge in [-0.05, 0) is 65.7 Å². The fourth-order valence-corrected chi connectivity index (χ4v) is 4.68. The maximum atomic E-state index is 13.9. The third-order valence-corrected chi connectivity index (χ3v) is 6.26. The third kappa shape index (κ3) is 5.63. The highest BCUT2D eigenvalue weighted by atomic mass is 19.1. The number of benzene rings is 1. The number of anilines is 1. The molecule has 0 aliphatic carbocycles. The number of aliphatic carboxylic acids is 1. The molecule has 0 spiro atoms. The zero-order chi connectivity index (χ0) is 24.7. The molecule has 2 heterocycles. The van der Waals surface area contributed by atoms with Crippen molar-refractivity contribution in [2.45, 2.75) is 65.1 Å². The smallest absolute Gasteiger partial charge is 0.410 e. The van der Waals surface area contributed by atoms with Crippen LogP contribution in [-0.2, 0) is 14.3 Å². The van der Waals surface area contributed by atoms with Crippen molar-refractivity contribution in [3.8, 4) is 0 Å². The lowest BCUT2D eigenvalue weighted by atomic mass is 9.88. The van der Waals surface area contributed by atoms with Crippen LogP contribution in [0.3, 0.4) is 0 Å². The maximum Gasteiger partial charge on any atom is 0.410 e. The lowest BCUT2D eigenvalue weighted by Gasteiger charge is -2.52. The lowest BCUT2D eigenvalue weighted by molar-refractivity contribution is -0.145. The SMILES string of the molecule is Cc1ccc(F)cc1N1CC(C)(C)N([C@@H]2C[C@H](C(=O)O)CN(C(=O)OC(C)(C)C)C2)CC1=O. The Morgan fingerprint density at radius 1 is 1.21 bits per heavy atom. The fraction of sp³-hybridized carbons (Fsp3) is 0.625. The van der Waals surface area contributed by atoms with Crippen molar-refractivity contribution in [1.29, 1.82) is 0 Å². The van der Waals surface area contributed by atoms with Crippen LogP contribution in [0.4, 0.5) is 14.9 Å². The van der Waals surface area contributed by atoms with Crippen LogP contribution >= 0.6 is 0 Å². The molecule has 1 aromatic carbocycles. The number of hydrogen-bond donors (Lipinski definition) is 1. The van der Waals surface area contributed by atoms with E-state index in [9.17, 15) is 23.9 Å². The molecule has 0 saturated carbocycles. The number of nitrogens with zero attached hydrogens (tertiary/aromatic N) is 3. The van der Waals surface area contributed by atoms with Crippen LogP contribution in [-0.4, -0.2) is 76.2 Å². The summed E-state index contributed by atoms with van der Waals surface area (Å²) in [5.74, 6) is -2.34. The van der Waals surface area contributed by atoms with Crippen molar-refractivity contribution in [2.75, 3.05) is 31.1 Å². The van der Waals surface area contributed by atoms with Crippen molar-refractivity contribution in [3.63, 3.8) is 0 Å². The van der Waals surface area contributed by atoms with Crippen LogP contribution in [0, 0.1) is 18.7 Å². The molecule has 0 aromatic heterocycles. The summed E-state index contributed by atoms with van der Waals surface area (Å²) in [7, 11) is 0. The van der Waals surface area contributed by atoms with Gasteiger partial charge >= 0.3 is 12.1 Å². The second-order valence-electron chi connectivity index (χ2n) is 10.7. The van der Waals surface area contributed by atoms with E-state index in [-0.39, 0.29) is 31.6 Å². The maximum absolute atomic E-state index is 13.9.